The van der Waals surface area contributed by atoms with E-state index in [1.807, 2.05) is 62.4 Å². The molecule has 168 valence electrons. The summed E-state index contributed by atoms with van der Waals surface area (Å²) in [5, 5.41) is 0. The Morgan fingerprint density at radius 1 is 0.788 bits per heavy atom. The SMILES string of the molecule is COc1ccc(C2=C(N(C)c3ccccc3)C(=O)N(c3cc(C)ccc3C)C2=O)cc1OC. The molecule has 0 radical (unpaired) electrons. The maximum Gasteiger partial charge on any atom is 0.282 e. The molecule has 0 aromatic heterocycles. The van der Waals surface area contributed by atoms with Gasteiger partial charge in [-0.05, 0) is 60.9 Å². The lowest BCUT2D eigenvalue weighted by Gasteiger charge is -2.22. The molecule has 0 unspecified atom stereocenters. The van der Waals surface area contributed by atoms with Crippen LogP contribution in [0.15, 0.2) is 72.4 Å². The molecule has 0 bridgehead atoms. The van der Waals surface area contributed by atoms with E-state index in [0.29, 0.717) is 34.0 Å². The number of likely N-dealkylation sites (N-methyl/N-ethyl adjacent to an activating group) is 1. The maximum atomic E-state index is 13.8. The number of amides is 2. The number of hydrogen-bond acceptors (Lipinski definition) is 5. The summed E-state index contributed by atoms with van der Waals surface area (Å²) in [5.41, 5.74) is 4.39. The van der Waals surface area contributed by atoms with Crippen LogP contribution >= 0.6 is 0 Å². The first-order valence-corrected chi connectivity index (χ1v) is 10.6. The van der Waals surface area contributed by atoms with Crippen LogP contribution in [0.4, 0.5) is 11.4 Å². The number of rotatable bonds is 6. The topological polar surface area (TPSA) is 59.1 Å². The minimum absolute atomic E-state index is 0.305. The van der Waals surface area contributed by atoms with Gasteiger partial charge in [-0.1, -0.05) is 36.4 Å². The van der Waals surface area contributed by atoms with Crippen molar-refractivity contribution in [3.8, 4) is 11.5 Å². The lowest BCUT2D eigenvalue weighted by Crippen LogP contribution is -2.34. The Hall–Kier alpha value is -4.06. The number of nitrogens with zero attached hydrogens (tertiary/aromatic N) is 2. The highest BCUT2D eigenvalue weighted by atomic mass is 16.5. The molecule has 0 fully saturated rings. The fraction of sp³-hybridized carbons (Fsp3) is 0.185. The average Bonchev–Trinajstić information content (AvgIpc) is 3.09. The molecule has 0 saturated heterocycles. The molecule has 2 amide bonds. The van der Waals surface area contributed by atoms with Gasteiger partial charge in [-0.15, -0.1) is 0 Å². The van der Waals surface area contributed by atoms with Crippen molar-refractivity contribution in [3.63, 3.8) is 0 Å². The molecule has 0 atom stereocenters. The summed E-state index contributed by atoms with van der Waals surface area (Å²) in [4.78, 5) is 30.7. The number of benzene rings is 3. The first-order chi connectivity index (χ1) is 15.9. The number of aryl methyl sites for hydroxylation is 2. The van der Waals surface area contributed by atoms with Gasteiger partial charge in [0.25, 0.3) is 11.8 Å². The van der Waals surface area contributed by atoms with Crippen molar-refractivity contribution in [1.29, 1.82) is 0 Å². The van der Waals surface area contributed by atoms with E-state index < -0.39 is 0 Å². The van der Waals surface area contributed by atoms with E-state index in [1.54, 1.807) is 37.3 Å². The highest BCUT2D eigenvalue weighted by Gasteiger charge is 2.42. The highest BCUT2D eigenvalue weighted by Crippen LogP contribution is 2.39. The molecule has 3 aromatic rings. The van der Waals surface area contributed by atoms with E-state index in [1.165, 1.54) is 12.0 Å². The van der Waals surface area contributed by atoms with Gasteiger partial charge in [0, 0.05) is 12.7 Å². The third-order valence-electron chi connectivity index (χ3n) is 5.82. The lowest BCUT2D eigenvalue weighted by atomic mass is 10.0. The molecule has 3 aromatic carbocycles. The standard InChI is InChI=1S/C27H26N2O4/c1-17-11-12-18(2)21(15-17)29-26(30)24(19-13-14-22(32-4)23(16-19)33-5)25(27(29)31)28(3)20-9-7-6-8-10-20/h6-16H,1-5H3. The highest BCUT2D eigenvalue weighted by molar-refractivity contribution is 6.46. The van der Waals surface area contributed by atoms with Gasteiger partial charge in [0.1, 0.15) is 5.70 Å². The first kappa shape index (κ1) is 22.1. The van der Waals surface area contributed by atoms with Gasteiger partial charge in [-0.3, -0.25) is 9.59 Å². The number of imide groups is 1. The summed E-state index contributed by atoms with van der Waals surface area (Å²) in [5.74, 6) is 0.279. The second-order valence-corrected chi connectivity index (χ2v) is 7.92. The third kappa shape index (κ3) is 3.84. The third-order valence-corrected chi connectivity index (χ3v) is 5.82. The van der Waals surface area contributed by atoms with Crippen molar-refractivity contribution in [2.75, 3.05) is 31.1 Å². The number of carbonyl (C=O) groups is 2. The summed E-state index contributed by atoms with van der Waals surface area (Å²) >= 11 is 0. The van der Waals surface area contributed by atoms with Crippen molar-refractivity contribution in [2.45, 2.75) is 13.8 Å². The molecule has 0 N–H and O–H groups in total. The average molecular weight is 443 g/mol. The Kier molecular flexibility index (Phi) is 5.92. The van der Waals surface area contributed by atoms with Crippen LogP contribution in [-0.4, -0.2) is 33.1 Å². The van der Waals surface area contributed by atoms with Crippen molar-refractivity contribution in [3.05, 3.63) is 89.1 Å². The van der Waals surface area contributed by atoms with E-state index in [-0.39, 0.29) is 11.8 Å². The Bertz CT molecular complexity index is 1260. The van der Waals surface area contributed by atoms with Crippen LogP contribution in [-0.2, 0) is 9.59 Å². The molecule has 6 heteroatoms. The molecular weight excluding hydrogens is 416 g/mol. The lowest BCUT2D eigenvalue weighted by molar-refractivity contribution is -0.120. The molecule has 0 spiro atoms. The zero-order chi connectivity index (χ0) is 23.7. The molecule has 1 aliphatic heterocycles. The summed E-state index contributed by atoms with van der Waals surface area (Å²) in [6, 6.07) is 20.5. The Balaban J connectivity index is 1.93. The molecule has 1 heterocycles. The van der Waals surface area contributed by atoms with Gasteiger partial charge in [0.05, 0.1) is 25.5 Å². The van der Waals surface area contributed by atoms with E-state index in [4.69, 9.17) is 9.47 Å². The van der Waals surface area contributed by atoms with Gasteiger partial charge in [-0.25, -0.2) is 4.90 Å². The maximum absolute atomic E-state index is 13.8. The summed E-state index contributed by atoms with van der Waals surface area (Å²) < 4.78 is 10.8. The van der Waals surface area contributed by atoms with Crippen LogP contribution in [0.5, 0.6) is 11.5 Å². The van der Waals surface area contributed by atoms with Crippen LogP contribution < -0.4 is 19.3 Å². The van der Waals surface area contributed by atoms with Crippen LogP contribution in [0, 0.1) is 13.8 Å². The van der Waals surface area contributed by atoms with E-state index in [2.05, 4.69) is 0 Å². The molecule has 0 saturated carbocycles. The Morgan fingerprint density at radius 2 is 1.48 bits per heavy atom. The predicted octanol–water partition coefficient (Wildman–Crippen LogP) is 4.74. The van der Waals surface area contributed by atoms with Crippen LogP contribution in [0.1, 0.15) is 16.7 Å². The quantitative estimate of drug-likeness (QED) is 0.516. The van der Waals surface area contributed by atoms with Gasteiger partial charge >= 0.3 is 0 Å². The van der Waals surface area contributed by atoms with Crippen LogP contribution in [0.3, 0.4) is 0 Å². The molecule has 0 aliphatic carbocycles. The van der Waals surface area contributed by atoms with Crippen LogP contribution in [0.25, 0.3) is 5.57 Å². The molecule has 33 heavy (non-hydrogen) atoms. The minimum Gasteiger partial charge on any atom is -0.493 e. The largest absolute Gasteiger partial charge is 0.493 e. The fourth-order valence-corrected chi connectivity index (χ4v) is 4.04. The summed E-state index contributed by atoms with van der Waals surface area (Å²) in [7, 11) is 4.89. The van der Waals surface area contributed by atoms with Crippen molar-refractivity contribution < 1.29 is 19.1 Å². The number of carbonyl (C=O) groups excluding carboxylic acids is 2. The molecule has 4 rings (SSSR count). The number of ether oxygens (including phenoxy) is 2. The normalized spacial score (nSPS) is 13.5. The fourth-order valence-electron chi connectivity index (χ4n) is 4.04. The Morgan fingerprint density at radius 3 is 2.15 bits per heavy atom. The number of para-hydroxylation sites is 1. The van der Waals surface area contributed by atoms with Gasteiger partial charge in [-0.2, -0.15) is 0 Å². The Labute approximate surface area is 193 Å². The van der Waals surface area contributed by atoms with Crippen molar-refractivity contribution in [2.24, 2.45) is 0 Å². The van der Waals surface area contributed by atoms with Crippen molar-refractivity contribution in [1.82, 2.24) is 0 Å². The summed E-state index contributed by atoms with van der Waals surface area (Å²) in [6.45, 7) is 3.83. The van der Waals surface area contributed by atoms with Crippen molar-refractivity contribution >= 4 is 28.8 Å². The first-order valence-electron chi connectivity index (χ1n) is 10.6. The number of methoxy groups -OCH3 is 2. The zero-order valence-electron chi connectivity index (χ0n) is 19.4. The van der Waals surface area contributed by atoms with E-state index >= 15 is 0 Å². The monoisotopic (exact) mass is 442 g/mol. The second kappa shape index (κ2) is 8.82. The predicted molar refractivity (Wildman–Crippen MR) is 130 cm³/mol. The van der Waals surface area contributed by atoms with Gasteiger partial charge < -0.3 is 14.4 Å². The summed E-state index contributed by atoms with van der Waals surface area (Å²) in [6.07, 6.45) is 0. The smallest absolute Gasteiger partial charge is 0.282 e. The second-order valence-electron chi connectivity index (χ2n) is 7.92. The van der Waals surface area contributed by atoms with Gasteiger partial charge in [0.15, 0.2) is 11.5 Å². The van der Waals surface area contributed by atoms with Crippen LogP contribution in [0.2, 0.25) is 0 Å². The number of hydrogen-bond donors (Lipinski definition) is 0. The molecular formula is C27H26N2O4. The van der Waals surface area contributed by atoms with Gasteiger partial charge in [0.2, 0.25) is 0 Å². The number of anilines is 2. The molecule has 1 aliphatic rings. The van der Waals surface area contributed by atoms with E-state index in [0.717, 1.165) is 16.8 Å². The molecule has 6 nitrogen and oxygen atoms in total. The minimum atomic E-state index is -0.376. The van der Waals surface area contributed by atoms with E-state index in [9.17, 15) is 9.59 Å². The zero-order valence-corrected chi connectivity index (χ0v) is 19.4.